The summed E-state index contributed by atoms with van der Waals surface area (Å²) in [6.07, 6.45) is 0. The molecule has 0 saturated carbocycles. The summed E-state index contributed by atoms with van der Waals surface area (Å²) in [4.78, 5) is 4.89. The summed E-state index contributed by atoms with van der Waals surface area (Å²) >= 11 is -2.76. The van der Waals surface area contributed by atoms with Gasteiger partial charge in [0.25, 0.3) is 0 Å². The average molecular weight is 588 g/mol. The van der Waals surface area contributed by atoms with E-state index in [-0.39, 0.29) is 35.6 Å². The van der Waals surface area contributed by atoms with Gasteiger partial charge in [-0.2, -0.15) is 0 Å². The van der Waals surface area contributed by atoms with Crippen LogP contribution in [0.15, 0.2) is 72.8 Å². The molecule has 38 heavy (non-hydrogen) atoms. The molecule has 6 heteroatoms. The molecule has 1 heterocycles. The maximum absolute atomic E-state index is 6.79. The third-order valence-electron chi connectivity index (χ3n) is 6.19. The largest absolute Gasteiger partial charge is 0.147 e. The third-order valence-corrected chi connectivity index (χ3v) is 8.34. The first-order valence-corrected chi connectivity index (χ1v) is 14.7. The Hall–Kier alpha value is -2.17. The number of halogens is 2. The van der Waals surface area contributed by atoms with E-state index in [0.29, 0.717) is 0 Å². The Balaban J connectivity index is 0.00000253. The first-order valence-electron chi connectivity index (χ1n) is 12.6. The van der Waals surface area contributed by atoms with Crippen molar-refractivity contribution in [3.05, 3.63) is 101 Å². The second-order valence-electron chi connectivity index (χ2n) is 11.6. The van der Waals surface area contributed by atoms with Gasteiger partial charge in [0.2, 0.25) is 0 Å². The fourth-order valence-electron chi connectivity index (χ4n) is 4.22. The monoisotopic (exact) mass is 587 g/mol. The predicted molar refractivity (Wildman–Crippen MR) is 162 cm³/mol. The molecule has 0 atom stereocenters. The van der Waals surface area contributed by atoms with Crippen LogP contribution in [0.5, 0.6) is 11.5 Å². The van der Waals surface area contributed by atoms with E-state index in [4.69, 9.17) is 11.6 Å². The van der Waals surface area contributed by atoms with E-state index in [1.165, 1.54) is 22.3 Å². The Morgan fingerprint density at radius 2 is 1.16 bits per heavy atom. The number of hydrogen-bond donors (Lipinski definition) is 0. The average Bonchev–Trinajstić information content (AvgIpc) is 2.80. The molecule has 1 aromatic heterocycles. The fourth-order valence-corrected chi connectivity index (χ4v) is 6.33. The van der Waals surface area contributed by atoms with Crippen LogP contribution in [0.4, 0.5) is 0 Å². The zero-order chi connectivity index (χ0) is 26.1. The van der Waals surface area contributed by atoms with Crippen molar-refractivity contribution >= 4 is 40.0 Å². The van der Waals surface area contributed by atoms with Gasteiger partial charge in [-0.3, -0.25) is 0 Å². The van der Waals surface area contributed by atoms with E-state index in [1.807, 2.05) is 18.2 Å². The van der Waals surface area contributed by atoms with E-state index in [2.05, 4.69) is 114 Å². The molecule has 0 amide bonds. The molecule has 0 aliphatic carbocycles. The number of fused-ring (bicyclic) bond motifs is 1. The van der Waals surface area contributed by atoms with E-state index < -0.39 is 18.2 Å². The van der Waals surface area contributed by atoms with Crippen LogP contribution >= 0.6 is 24.8 Å². The van der Waals surface area contributed by atoms with Gasteiger partial charge in [-0.05, 0) is 0 Å². The standard InChI is InChI=1S/2C11H16O.C10H7N.2ClH.Ti/c2*1-8-5-6-10(12)9(7-8)11(2,3)4;1-8-6-7-9-4-2-3-5-10(9)11-8;;;/h2*5-7,12H,1-4H3;1-7H;2*1H;/q;;;;;+2/p-2. The molecule has 4 rings (SSSR count). The molecular weight excluding hydrogens is 549 g/mol. The Morgan fingerprint density at radius 1 is 0.658 bits per heavy atom. The number of aromatic nitrogens is 1. The Labute approximate surface area is 247 Å². The maximum atomic E-state index is 6.79. The Morgan fingerprint density at radius 3 is 1.66 bits per heavy atom. The van der Waals surface area contributed by atoms with Crippen LogP contribution in [-0.4, -0.2) is 9.30 Å². The van der Waals surface area contributed by atoms with Crippen molar-refractivity contribution < 1.29 is 24.8 Å². The molecule has 0 aliphatic rings. The van der Waals surface area contributed by atoms with Crippen LogP contribution in [0.1, 0.15) is 69.5 Å². The quantitative estimate of drug-likeness (QED) is 0.218. The molecule has 3 aromatic carbocycles. The van der Waals surface area contributed by atoms with Crippen LogP contribution in [0.25, 0.3) is 10.9 Å². The van der Waals surface area contributed by atoms with Crippen LogP contribution in [0.2, 0.25) is 0 Å². The van der Waals surface area contributed by atoms with Gasteiger partial charge in [-0.1, -0.05) is 0 Å². The van der Waals surface area contributed by atoms with Crippen molar-refractivity contribution in [1.29, 1.82) is 0 Å². The summed E-state index contributed by atoms with van der Waals surface area (Å²) in [5.41, 5.74) is 6.59. The first-order chi connectivity index (χ1) is 16.9. The fraction of sp³-hybridized carbons (Fsp3) is 0.312. The minimum absolute atomic E-state index is 0. The first kappa shape index (κ1) is 32.0. The van der Waals surface area contributed by atoms with Crippen LogP contribution in [-0.2, 0) is 29.0 Å². The molecule has 0 radical (unpaired) electrons. The molecule has 0 spiro atoms. The number of pyridine rings is 1. The van der Waals surface area contributed by atoms with E-state index in [1.54, 1.807) is 0 Å². The summed E-state index contributed by atoms with van der Waals surface area (Å²) < 4.78 is 15.7. The smallest absolute Gasteiger partial charge is 0.147 e. The second kappa shape index (κ2) is 12.8. The van der Waals surface area contributed by atoms with Crippen LogP contribution < -0.4 is 6.64 Å². The van der Waals surface area contributed by atoms with Crippen molar-refractivity contribution in [2.45, 2.75) is 66.2 Å². The topological polar surface area (TPSA) is 31.4 Å². The van der Waals surface area contributed by atoms with Crippen molar-refractivity contribution in [2.24, 2.45) is 0 Å². The normalized spacial score (nSPS) is 11.3. The van der Waals surface area contributed by atoms with Crippen molar-refractivity contribution in [3.8, 4) is 11.5 Å². The molecule has 0 aliphatic heterocycles. The molecule has 0 N–H and O–H groups in total. The molecule has 3 nitrogen and oxygen atoms in total. The predicted octanol–water partition coefficient (Wildman–Crippen LogP) is 9.05. The SMILES string of the molecule is Cc1ccc([O][Ti](=[CH]c2ccc3ccccc3n2)[O]c2ccc(C)cc2C(C)(C)C)c(C(C)(C)C)c1.Cl.Cl. The van der Waals surface area contributed by atoms with E-state index in [0.717, 1.165) is 28.1 Å². The minimum Gasteiger partial charge on any atom is -0.147 e. The molecule has 0 fully saturated rings. The van der Waals surface area contributed by atoms with Gasteiger partial charge in [0.1, 0.15) is 0 Å². The molecule has 0 saturated heterocycles. The summed E-state index contributed by atoms with van der Waals surface area (Å²) in [6.45, 7) is 17.6. The van der Waals surface area contributed by atoms with E-state index >= 15 is 0 Å². The number of nitrogens with zero attached hydrogens (tertiary/aromatic N) is 1. The van der Waals surface area contributed by atoms with Gasteiger partial charge in [-0.15, -0.1) is 24.8 Å². The van der Waals surface area contributed by atoms with Gasteiger partial charge in [-0.25, -0.2) is 0 Å². The number of para-hydroxylation sites is 1. The Bertz CT molecular complexity index is 1370. The molecule has 202 valence electrons. The number of rotatable bonds is 5. The zero-order valence-corrected chi connectivity index (χ0v) is 26.8. The number of aryl methyl sites for hydroxylation is 2. The van der Waals surface area contributed by atoms with Gasteiger partial charge in [0.15, 0.2) is 0 Å². The van der Waals surface area contributed by atoms with Gasteiger partial charge < -0.3 is 0 Å². The van der Waals surface area contributed by atoms with Crippen molar-refractivity contribution in [2.75, 3.05) is 0 Å². The molecule has 0 unspecified atom stereocenters. The van der Waals surface area contributed by atoms with E-state index in [9.17, 15) is 0 Å². The number of benzene rings is 3. The second-order valence-corrected chi connectivity index (χ2v) is 13.7. The van der Waals surface area contributed by atoms with Gasteiger partial charge in [0, 0.05) is 0 Å². The summed E-state index contributed by atoms with van der Waals surface area (Å²) in [5, 5.41) is 1.13. The third kappa shape index (κ3) is 7.93. The minimum atomic E-state index is -2.76. The molecule has 4 aromatic rings. The van der Waals surface area contributed by atoms with Crippen molar-refractivity contribution in [3.63, 3.8) is 0 Å². The number of hydrogen-bond acceptors (Lipinski definition) is 3. The van der Waals surface area contributed by atoms with Crippen LogP contribution in [0, 0.1) is 13.8 Å². The molecular formula is C32H39Cl2NO2Ti. The Kier molecular flexibility index (Phi) is 10.8. The summed E-state index contributed by atoms with van der Waals surface area (Å²) in [6, 6.07) is 25.2. The maximum Gasteiger partial charge on any atom is -0.147 e. The summed E-state index contributed by atoms with van der Waals surface area (Å²) in [7, 11) is 0. The van der Waals surface area contributed by atoms with Gasteiger partial charge >= 0.3 is 223 Å². The summed E-state index contributed by atoms with van der Waals surface area (Å²) in [5.74, 6) is 1.79. The van der Waals surface area contributed by atoms with Crippen LogP contribution in [0.3, 0.4) is 0 Å². The molecule has 0 bridgehead atoms. The zero-order valence-electron chi connectivity index (χ0n) is 23.6. The van der Waals surface area contributed by atoms with Crippen molar-refractivity contribution in [1.82, 2.24) is 4.98 Å². The van der Waals surface area contributed by atoms with Gasteiger partial charge in [0.05, 0.1) is 0 Å².